The van der Waals surface area contributed by atoms with Gasteiger partial charge in [0.05, 0.1) is 5.33 Å². The molecule has 0 aliphatic heterocycles. The minimum Gasteiger partial charge on any atom is -0.307 e. The minimum absolute atomic E-state index is 0.0745. The van der Waals surface area contributed by atoms with Crippen LogP contribution in [-0.2, 0) is 0 Å². The summed E-state index contributed by atoms with van der Waals surface area (Å²) in [5.41, 5.74) is 1.49. The first-order valence-corrected chi connectivity index (χ1v) is 4.95. The van der Waals surface area contributed by atoms with Gasteiger partial charge in [0, 0.05) is 24.2 Å². The Morgan fingerprint density at radius 2 is 2.38 bits per heavy atom. The van der Waals surface area contributed by atoms with Crippen LogP contribution in [0.3, 0.4) is 0 Å². The van der Waals surface area contributed by atoms with Gasteiger partial charge in [0.1, 0.15) is 5.65 Å². The molecule has 2 heterocycles. The van der Waals surface area contributed by atoms with E-state index in [0.717, 1.165) is 5.65 Å². The number of imidazole rings is 1. The lowest BCUT2D eigenvalue weighted by atomic mass is 10.2. The summed E-state index contributed by atoms with van der Waals surface area (Å²) in [6, 6.07) is 3.57. The van der Waals surface area contributed by atoms with E-state index in [4.69, 9.17) is 0 Å². The number of rotatable bonds is 2. The van der Waals surface area contributed by atoms with Crippen molar-refractivity contribution in [2.24, 2.45) is 0 Å². The molecule has 0 N–H and O–H groups in total. The van der Waals surface area contributed by atoms with Crippen LogP contribution in [0.4, 0.5) is 0 Å². The molecule has 0 fully saturated rings. The van der Waals surface area contributed by atoms with Crippen molar-refractivity contribution in [3.05, 3.63) is 36.3 Å². The Bertz CT molecular complexity index is 450. The number of aromatic nitrogens is 2. The molecule has 2 aromatic rings. The minimum atomic E-state index is 0.0745. The molecule has 0 saturated heterocycles. The number of ketones is 1. The van der Waals surface area contributed by atoms with E-state index in [2.05, 4.69) is 20.9 Å². The fourth-order valence-electron chi connectivity index (χ4n) is 1.16. The maximum Gasteiger partial charge on any atom is 0.173 e. The van der Waals surface area contributed by atoms with E-state index in [1.54, 1.807) is 18.3 Å². The number of carbonyl (C=O) groups excluding carboxylic acids is 1. The number of pyridine rings is 1. The molecule has 0 atom stereocenters. The number of carbonyl (C=O) groups is 1. The second-order valence-electron chi connectivity index (χ2n) is 2.66. The molecule has 0 saturated carbocycles. The summed E-state index contributed by atoms with van der Waals surface area (Å²) in [4.78, 5) is 15.4. The second kappa shape index (κ2) is 3.30. The Morgan fingerprint density at radius 1 is 1.54 bits per heavy atom. The van der Waals surface area contributed by atoms with Gasteiger partial charge < -0.3 is 4.40 Å². The summed E-state index contributed by atoms with van der Waals surface area (Å²) in [6.45, 7) is 0. The molecule has 66 valence electrons. The number of nitrogens with zero attached hydrogens (tertiary/aromatic N) is 2. The normalized spacial score (nSPS) is 10.5. The summed E-state index contributed by atoms with van der Waals surface area (Å²) >= 11 is 3.13. The zero-order valence-electron chi connectivity index (χ0n) is 6.77. The van der Waals surface area contributed by atoms with Gasteiger partial charge in [0.2, 0.25) is 0 Å². The Kier molecular flexibility index (Phi) is 2.14. The number of halogens is 1. The van der Waals surface area contributed by atoms with E-state index in [1.165, 1.54) is 0 Å². The predicted octanol–water partition coefficient (Wildman–Crippen LogP) is 1.91. The summed E-state index contributed by atoms with van der Waals surface area (Å²) in [5.74, 6) is 0.0745. The summed E-state index contributed by atoms with van der Waals surface area (Å²) < 4.78 is 1.87. The highest BCUT2D eigenvalue weighted by atomic mass is 79.9. The Morgan fingerprint density at radius 3 is 3.15 bits per heavy atom. The standard InChI is InChI=1S/C9H7BrN2O/c10-6-8(13)7-1-3-12-4-2-11-9(12)5-7/h1-5H,6H2. The van der Waals surface area contributed by atoms with E-state index >= 15 is 0 Å². The highest BCUT2D eigenvalue weighted by molar-refractivity contribution is 9.09. The van der Waals surface area contributed by atoms with Gasteiger partial charge in [-0.05, 0) is 12.1 Å². The molecule has 0 amide bonds. The SMILES string of the molecule is O=C(CBr)c1ccn2ccnc2c1. The van der Waals surface area contributed by atoms with Gasteiger partial charge in [-0.15, -0.1) is 0 Å². The molecule has 0 aromatic carbocycles. The maximum absolute atomic E-state index is 11.3. The van der Waals surface area contributed by atoms with E-state index in [-0.39, 0.29) is 5.78 Å². The van der Waals surface area contributed by atoms with Gasteiger partial charge in [-0.3, -0.25) is 4.79 Å². The topological polar surface area (TPSA) is 34.4 Å². The van der Waals surface area contributed by atoms with Crippen LogP contribution in [0.1, 0.15) is 10.4 Å². The van der Waals surface area contributed by atoms with Crippen molar-refractivity contribution in [2.45, 2.75) is 0 Å². The van der Waals surface area contributed by atoms with Crippen LogP contribution >= 0.6 is 15.9 Å². The third-order valence-corrected chi connectivity index (χ3v) is 2.35. The number of hydrogen-bond donors (Lipinski definition) is 0. The van der Waals surface area contributed by atoms with E-state index in [9.17, 15) is 4.79 Å². The van der Waals surface area contributed by atoms with Gasteiger partial charge in [-0.25, -0.2) is 4.98 Å². The van der Waals surface area contributed by atoms with Gasteiger partial charge >= 0.3 is 0 Å². The number of fused-ring (bicyclic) bond motifs is 1. The largest absolute Gasteiger partial charge is 0.307 e. The van der Waals surface area contributed by atoms with Gasteiger partial charge in [0.15, 0.2) is 5.78 Å². The molecule has 0 unspecified atom stereocenters. The number of alkyl halides is 1. The fourth-order valence-corrected chi connectivity index (χ4v) is 1.48. The van der Waals surface area contributed by atoms with Crippen molar-refractivity contribution in [3.8, 4) is 0 Å². The zero-order valence-corrected chi connectivity index (χ0v) is 8.36. The molecule has 2 rings (SSSR count). The average Bonchev–Trinajstić information content (AvgIpc) is 2.63. The van der Waals surface area contributed by atoms with E-state index in [1.807, 2.05) is 16.8 Å². The Labute approximate surface area is 83.5 Å². The molecule has 0 bridgehead atoms. The van der Waals surface area contributed by atoms with Crippen molar-refractivity contribution >= 4 is 27.4 Å². The molecule has 2 aromatic heterocycles. The molecule has 3 nitrogen and oxygen atoms in total. The van der Waals surface area contributed by atoms with Crippen molar-refractivity contribution < 1.29 is 4.79 Å². The van der Waals surface area contributed by atoms with Crippen LogP contribution in [0, 0.1) is 0 Å². The van der Waals surface area contributed by atoms with Gasteiger partial charge in [-0.1, -0.05) is 15.9 Å². The lowest BCUT2D eigenvalue weighted by Gasteiger charge is -1.97. The molecule has 0 aliphatic carbocycles. The fraction of sp³-hybridized carbons (Fsp3) is 0.111. The first kappa shape index (κ1) is 8.44. The molecule has 0 radical (unpaired) electrons. The lowest BCUT2D eigenvalue weighted by molar-refractivity contribution is 0.102. The monoisotopic (exact) mass is 238 g/mol. The Balaban J connectivity index is 2.54. The van der Waals surface area contributed by atoms with Crippen molar-refractivity contribution in [1.82, 2.24) is 9.38 Å². The van der Waals surface area contributed by atoms with Crippen molar-refractivity contribution in [2.75, 3.05) is 5.33 Å². The summed E-state index contributed by atoms with van der Waals surface area (Å²) in [7, 11) is 0. The van der Waals surface area contributed by atoms with Gasteiger partial charge in [-0.2, -0.15) is 0 Å². The Hall–Kier alpha value is -1.16. The molecular formula is C9H7BrN2O. The average molecular weight is 239 g/mol. The highest BCUT2D eigenvalue weighted by Gasteiger charge is 2.04. The van der Waals surface area contributed by atoms with Crippen LogP contribution in [-0.4, -0.2) is 20.5 Å². The molecule has 0 spiro atoms. The molecule has 4 heteroatoms. The van der Waals surface area contributed by atoms with Crippen LogP contribution < -0.4 is 0 Å². The summed E-state index contributed by atoms with van der Waals surface area (Å²) in [6.07, 6.45) is 5.38. The smallest absolute Gasteiger partial charge is 0.173 e. The first-order chi connectivity index (χ1) is 6.31. The van der Waals surface area contributed by atoms with Crippen LogP contribution in [0.5, 0.6) is 0 Å². The number of hydrogen-bond acceptors (Lipinski definition) is 2. The number of Topliss-reactive ketones (excluding diaryl/α,β-unsaturated/α-hetero) is 1. The van der Waals surface area contributed by atoms with Crippen molar-refractivity contribution in [3.63, 3.8) is 0 Å². The third-order valence-electron chi connectivity index (χ3n) is 1.84. The molecule has 0 aliphatic rings. The quantitative estimate of drug-likeness (QED) is 0.592. The predicted molar refractivity (Wildman–Crippen MR) is 53.3 cm³/mol. The van der Waals surface area contributed by atoms with Crippen LogP contribution in [0.15, 0.2) is 30.7 Å². The van der Waals surface area contributed by atoms with Crippen LogP contribution in [0.2, 0.25) is 0 Å². The second-order valence-corrected chi connectivity index (χ2v) is 3.23. The molecular weight excluding hydrogens is 232 g/mol. The highest BCUT2D eigenvalue weighted by Crippen LogP contribution is 2.07. The van der Waals surface area contributed by atoms with Crippen molar-refractivity contribution in [1.29, 1.82) is 0 Å². The van der Waals surface area contributed by atoms with Gasteiger partial charge in [0.25, 0.3) is 0 Å². The first-order valence-electron chi connectivity index (χ1n) is 3.83. The summed E-state index contributed by atoms with van der Waals surface area (Å²) in [5, 5.41) is 0.351. The zero-order chi connectivity index (χ0) is 9.26. The third kappa shape index (κ3) is 1.49. The molecule has 13 heavy (non-hydrogen) atoms. The van der Waals surface area contributed by atoms with E-state index < -0.39 is 0 Å². The van der Waals surface area contributed by atoms with Crippen LogP contribution in [0.25, 0.3) is 5.65 Å². The van der Waals surface area contributed by atoms with E-state index in [0.29, 0.717) is 10.9 Å². The maximum atomic E-state index is 11.3. The lowest BCUT2D eigenvalue weighted by Crippen LogP contribution is -2.00.